The second-order valence-electron chi connectivity index (χ2n) is 3.80. The number of halogens is 10. The van der Waals surface area contributed by atoms with Crippen LogP contribution in [0.2, 0.25) is 0 Å². The summed E-state index contributed by atoms with van der Waals surface area (Å²) in [5.74, 6) is -27.2. The molecule has 0 aliphatic heterocycles. The molecule has 2 aromatic rings. The predicted octanol–water partition coefficient (Wildman–Crippen LogP) is 2.53. The van der Waals surface area contributed by atoms with Gasteiger partial charge >= 0.3 is 23.1 Å². The van der Waals surface area contributed by atoms with Crippen molar-refractivity contribution < 1.29 is 54.1 Å². The molecule has 132 valence electrons. The summed E-state index contributed by atoms with van der Waals surface area (Å²) >= 11 is 0. The fourth-order valence-electron chi connectivity index (χ4n) is 1.17. The Labute approximate surface area is 147 Å². The van der Waals surface area contributed by atoms with E-state index in [2.05, 4.69) is 0 Å². The van der Waals surface area contributed by atoms with Crippen molar-refractivity contribution in [3.63, 3.8) is 0 Å². The summed E-state index contributed by atoms with van der Waals surface area (Å²) in [6, 6.07) is 0. The Hall–Kier alpha value is -1.89. The van der Waals surface area contributed by atoms with Crippen LogP contribution in [0.4, 0.5) is 43.9 Å². The van der Waals surface area contributed by atoms with Gasteiger partial charge in [0.2, 0.25) is 0 Å². The van der Waals surface area contributed by atoms with Crippen LogP contribution in [0, 0.1) is 58.2 Å². The third kappa shape index (κ3) is 4.20. The summed E-state index contributed by atoms with van der Waals surface area (Å²) in [6.45, 7) is 0. The van der Waals surface area contributed by atoms with Gasteiger partial charge in [0.25, 0.3) is 0 Å². The summed E-state index contributed by atoms with van der Waals surface area (Å²) in [5, 5.41) is 20.3. The molecule has 0 bridgehead atoms. The van der Waals surface area contributed by atoms with E-state index in [0.717, 1.165) is 0 Å². The molecule has 0 unspecified atom stereocenters. The molecule has 2 nitrogen and oxygen atoms in total. The molecule has 0 N–H and O–H groups in total. The van der Waals surface area contributed by atoms with Gasteiger partial charge in [-0.3, -0.25) is 0 Å². The van der Waals surface area contributed by atoms with E-state index >= 15 is 0 Å². The van der Waals surface area contributed by atoms with Crippen LogP contribution in [0.3, 0.4) is 0 Å². The fraction of sp³-hybridized carbons (Fsp3) is 0. The summed E-state index contributed by atoms with van der Waals surface area (Å²) in [7, 11) is 0. The normalized spacial score (nSPS) is 10.0. The molecule has 2 aromatic carbocycles. The monoisotopic (exact) mass is 390 g/mol. The van der Waals surface area contributed by atoms with Gasteiger partial charge in [0.15, 0.2) is 58.2 Å². The molecule has 0 aliphatic rings. The molecule has 0 fully saturated rings. The maximum Gasteiger partial charge on any atom is 2.00 e. The number of hydrogen-bond donors (Lipinski definition) is 0. The van der Waals surface area contributed by atoms with Crippen molar-refractivity contribution in [2.75, 3.05) is 0 Å². The van der Waals surface area contributed by atoms with Crippen molar-refractivity contribution >= 4 is 23.1 Å². The van der Waals surface area contributed by atoms with Crippen molar-refractivity contribution in [2.24, 2.45) is 0 Å². The Balaban J connectivity index is 0.000000443. The Kier molecular flexibility index (Phi) is 7.82. The minimum atomic E-state index is -2.33. The third-order valence-corrected chi connectivity index (χ3v) is 2.34. The summed E-state index contributed by atoms with van der Waals surface area (Å²) in [6.07, 6.45) is 0. The van der Waals surface area contributed by atoms with Gasteiger partial charge in [0, 0.05) is 0 Å². The Morgan fingerprint density at radius 2 is 0.440 bits per heavy atom. The molecule has 0 aliphatic carbocycles. The summed E-state index contributed by atoms with van der Waals surface area (Å²) in [4.78, 5) is 0. The van der Waals surface area contributed by atoms with E-state index in [1.54, 1.807) is 0 Å². The van der Waals surface area contributed by atoms with Gasteiger partial charge in [-0.25, -0.2) is 43.9 Å². The van der Waals surface area contributed by atoms with E-state index in [0.29, 0.717) is 0 Å². The molecule has 0 spiro atoms. The Bertz CT molecular complexity index is 534. The zero-order valence-electron chi connectivity index (χ0n) is 11.3. The number of benzene rings is 2. The van der Waals surface area contributed by atoms with Gasteiger partial charge < -0.3 is 10.2 Å². The molecule has 25 heavy (non-hydrogen) atoms. The molecule has 2 rings (SSSR count). The first-order chi connectivity index (χ1) is 10.9. The van der Waals surface area contributed by atoms with Crippen LogP contribution in [0.15, 0.2) is 0 Å². The summed E-state index contributed by atoms with van der Waals surface area (Å²) < 4.78 is 121. The quantitative estimate of drug-likeness (QED) is 0.300. The third-order valence-electron chi connectivity index (χ3n) is 2.34. The molecule has 0 aromatic heterocycles. The number of rotatable bonds is 0. The van der Waals surface area contributed by atoms with Crippen LogP contribution in [0.1, 0.15) is 0 Å². The minimum absolute atomic E-state index is 0. The fourth-order valence-corrected chi connectivity index (χ4v) is 1.17. The van der Waals surface area contributed by atoms with E-state index in [1.165, 1.54) is 0 Å². The van der Waals surface area contributed by atoms with E-state index in [9.17, 15) is 54.1 Å². The molecule has 0 heterocycles. The van der Waals surface area contributed by atoms with E-state index in [1.807, 2.05) is 0 Å². The van der Waals surface area contributed by atoms with E-state index < -0.39 is 69.7 Å². The van der Waals surface area contributed by atoms with Crippen LogP contribution in [-0.4, -0.2) is 23.1 Å². The van der Waals surface area contributed by atoms with Crippen molar-refractivity contribution in [3.8, 4) is 11.5 Å². The molecule has 0 amide bonds. The minimum Gasteiger partial charge on any atom is -0.868 e. The van der Waals surface area contributed by atoms with E-state index in [4.69, 9.17) is 0 Å². The molecule has 0 radical (unpaired) electrons. The van der Waals surface area contributed by atoms with Crippen molar-refractivity contribution in [1.29, 1.82) is 0 Å². The second kappa shape index (κ2) is 8.47. The largest absolute Gasteiger partial charge is 2.00 e. The van der Waals surface area contributed by atoms with Gasteiger partial charge in [-0.05, 0) is 11.5 Å². The number of hydrogen-bond acceptors (Lipinski definition) is 2. The zero-order chi connectivity index (χ0) is 18.9. The topological polar surface area (TPSA) is 46.1 Å². The zero-order valence-corrected chi connectivity index (χ0v) is 12.7. The second-order valence-corrected chi connectivity index (χ2v) is 3.80. The van der Waals surface area contributed by atoms with Gasteiger partial charge in [0.05, 0.1) is 0 Å². The first kappa shape index (κ1) is 23.1. The van der Waals surface area contributed by atoms with Gasteiger partial charge in [-0.15, -0.1) is 0 Å². The molecular weight excluding hydrogens is 390 g/mol. The van der Waals surface area contributed by atoms with Gasteiger partial charge in [-0.1, -0.05) is 0 Å². The molecular formula is C12F10MgO2. The van der Waals surface area contributed by atoms with Crippen LogP contribution in [0.25, 0.3) is 0 Å². The van der Waals surface area contributed by atoms with Crippen LogP contribution >= 0.6 is 0 Å². The Morgan fingerprint density at radius 3 is 0.600 bits per heavy atom. The van der Waals surface area contributed by atoms with Crippen LogP contribution < -0.4 is 10.2 Å². The maximum absolute atomic E-state index is 12.1. The smallest absolute Gasteiger partial charge is 0.868 e. The predicted molar refractivity (Wildman–Crippen MR) is 57.1 cm³/mol. The molecule has 0 saturated carbocycles. The van der Waals surface area contributed by atoms with Crippen molar-refractivity contribution in [3.05, 3.63) is 58.2 Å². The standard InChI is InChI=1S/2C6HF5O.Mg/c2*7-1-2(8)4(10)6(12)5(11)3(1)9;/h2*12H;/q;;+2/p-2. The van der Waals surface area contributed by atoms with Crippen molar-refractivity contribution in [2.45, 2.75) is 0 Å². The maximum atomic E-state index is 12.1. The molecule has 0 atom stereocenters. The van der Waals surface area contributed by atoms with Crippen LogP contribution in [-0.2, 0) is 0 Å². The Morgan fingerprint density at radius 1 is 0.320 bits per heavy atom. The average Bonchev–Trinajstić information content (AvgIpc) is 2.58. The van der Waals surface area contributed by atoms with Crippen molar-refractivity contribution in [1.82, 2.24) is 0 Å². The van der Waals surface area contributed by atoms with Gasteiger partial charge in [0.1, 0.15) is 0 Å². The first-order valence-corrected chi connectivity index (χ1v) is 5.30. The average molecular weight is 390 g/mol. The SMILES string of the molecule is [Mg+2].[O-]c1c(F)c(F)c(F)c(F)c1F.[O-]c1c(F)c(F)c(F)c(F)c1F. The van der Waals surface area contributed by atoms with E-state index in [-0.39, 0.29) is 23.1 Å². The summed E-state index contributed by atoms with van der Waals surface area (Å²) in [5.41, 5.74) is 0. The van der Waals surface area contributed by atoms with Crippen LogP contribution in [0.5, 0.6) is 11.5 Å². The molecule has 13 heteroatoms. The first-order valence-electron chi connectivity index (χ1n) is 5.30. The van der Waals surface area contributed by atoms with Gasteiger partial charge in [-0.2, -0.15) is 0 Å². The molecule has 0 saturated heterocycles.